The summed E-state index contributed by atoms with van der Waals surface area (Å²) >= 11 is 5.81. The number of anilines is 1. The van der Waals surface area contributed by atoms with E-state index in [0.29, 0.717) is 36.2 Å². The highest BCUT2D eigenvalue weighted by Crippen LogP contribution is 2.29. The SMILES string of the molecule is CCOc1ccc(OCC)c(NC(N)=NCc2ccc(Cl)cn2)c1.I. The predicted octanol–water partition coefficient (Wildman–Crippen LogP) is 4.08. The highest BCUT2D eigenvalue weighted by Gasteiger charge is 2.07. The average Bonchev–Trinajstić information content (AvgIpc) is 2.57. The van der Waals surface area contributed by atoms with E-state index >= 15 is 0 Å². The zero-order chi connectivity index (χ0) is 17.4. The maximum atomic E-state index is 5.96. The van der Waals surface area contributed by atoms with E-state index in [1.54, 1.807) is 18.3 Å². The standard InChI is InChI=1S/C17H21ClN4O2.HI/c1-3-23-14-7-8-16(24-4-2)15(9-14)22-17(19)21-11-13-6-5-12(18)10-20-13;/h5-10H,3-4,11H2,1-2H3,(H3,19,21,22);1H. The lowest BCUT2D eigenvalue weighted by Gasteiger charge is -2.14. The number of guanidine groups is 1. The highest BCUT2D eigenvalue weighted by atomic mass is 127. The van der Waals surface area contributed by atoms with E-state index in [-0.39, 0.29) is 29.9 Å². The fourth-order valence-corrected chi connectivity index (χ4v) is 2.10. The largest absolute Gasteiger partial charge is 0.494 e. The van der Waals surface area contributed by atoms with Gasteiger partial charge in [-0.25, -0.2) is 4.99 Å². The van der Waals surface area contributed by atoms with Crippen LogP contribution in [0.1, 0.15) is 19.5 Å². The van der Waals surface area contributed by atoms with Gasteiger partial charge in [-0.05, 0) is 38.1 Å². The van der Waals surface area contributed by atoms with Crippen molar-refractivity contribution in [2.24, 2.45) is 10.7 Å². The predicted molar refractivity (Wildman–Crippen MR) is 112 cm³/mol. The van der Waals surface area contributed by atoms with Gasteiger partial charge in [-0.2, -0.15) is 0 Å². The Morgan fingerprint density at radius 3 is 2.60 bits per heavy atom. The van der Waals surface area contributed by atoms with Gasteiger partial charge in [0.15, 0.2) is 5.96 Å². The molecule has 0 unspecified atom stereocenters. The number of rotatable bonds is 7. The molecule has 1 heterocycles. The molecule has 0 saturated heterocycles. The van der Waals surface area contributed by atoms with Crippen LogP contribution in [0.5, 0.6) is 11.5 Å². The third kappa shape index (κ3) is 6.95. The number of aliphatic imine (C=N–C) groups is 1. The molecule has 3 N–H and O–H groups in total. The van der Waals surface area contributed by atoms with Crippen molar-refractivity contribution in [3.63, 3.8) is 0 Å². The molecule has 8 heteroatoms. The normalized spacial score (nSPS) is 10.8. The molecule has 0 aliphatic carbocycles. The Labute approximate surface area is 169 Å². The summed E-state index contributed by atoms with van der Waals surface area (Å²) in [4.78, 5) is 8.45. The fourth-order valence-electron chi connectivity index (χ4n) is 1.99. The van der Waals surface area contributed by atoms with Gasteiger partial charge in [0.2, 0.25) is 0 Å². The number of aromatic nitrogens is 1. The molecule has 0 aliphatic rings. The Balaban J connectivity index is 0.00000312. The first kappa shape index (κ1) is 21.3. The van der Waals surface area contributed by atoms with Crippen LogP contribution in [0.4, 0.5) is 5.69 Å². The van der Waals surface area contributed by atoms with E-state index in [2.05, 4.69) is 15.3 Å². The van der Waals surface area contributed by atoms with Gasteiger partial charge in [0.05, 0.1) is 36.2 Å². The lowest BCUT2D eigenvalue weighted by atomic mass is 10.2. The first-order valence-electron chi connectivity index (χ1n) is 7.69. The van der Waals surface area contributed by atoms with Gasteiger partial charge in [-0.1, -0.05) is 11.6 Å². The molecule has 136 valence electrons. The molecule has 2 rings (SSSR count). The first-order chi connectivity index (χ1) is 11.6. The van der Waals surface area contributed by atoms with Crippen molar-refractivity contribution in [2.75, 3.05) is 18.5 Å². The second kappa shape index (κ2) is 11.0. The molecule has 6 nitrogen and oxygen atoms in total. The number of nitrogens with one attached hydrogen (secondary N) is 1. The molecule has 0 amide bonds. The van der Waals surface area contributed by atoms with Gasteiger partial charge >= 0.3 is 0 Å². The molecule has 0 saturated carbocycles. The molecule has 0 fully saturated rings. The molecule has 0 radical (unpaired) electrons. The summed E-state index contributed by atoms with van der Waals surface area (Å²) in [6, 6.07) is 9.09. The molecule has 25 heavy (non-hydrogen) atoms. The zero-order valence-electron chi connectivity index (χ0n) is 14.2. The van der Waals surface area contributed by atoms with Gasteiger partial charge in [0, 0.05) is 12.3 Å². The Kier molecular flexibility index (Phi) is 9.36. The lowest BCUT2D eigenvalue weighted by molar-refractivity contribution is 0.332. The van der Waals surface area contributed by atoms with E-state index in [9.17, 15) is 0 Å². The molecular weight excluding hydrogens is 455 g/mol. The van der Waals surface area contributed by atoms with Crippen molar-refractivity contribution in [1.82, 2.24) is 4.98 Å². The van der Waals surface area contributed by atoms with Crippen molar-refractivity contribution in [3.05, 3.63) is 47.2 Å². The Morgan fingerprint density at radius 1 is 1.20 bits per heavy atom. The van der Waals surface area contributed by atoms with Crippen LogP contribution in [0.25, 0.3) is 0 Å². The van der Waals surface area contributed by atoms with Gasteiger partial charge in [0.25, 0.3) is 0 Å². The quantitative estimate of drug-likeness (QED) is 0.358. The fraction of sp³-hybridized carbons (Fsp3) is 0.294. The van der Waals surface area contributed by atoms with Gasteiger partial charge in [0.1, 0.15) is 11.5 Å². The minimum absolute atomic E-state index is 0. The third-order valence-corrected chi connectivity index (χ3v) is 3.25. The van der Waals surface area contributed by atoms with Crippen LogP contribution >= 0.6 is 35.6 Å². The van der Waals surface area contributed by atoms with E-state index in [4.69, 9.17) is 26.8 Å². The molecular formula is C17H22ClIN4O2. The summed E-state index contributed by atoms with van der Waals surface area (Å²) in [6.07, 6.45) is 1.58. The summed E-state index contributed by atoms with van der Waals surface area (Å²) < 4.78 is 11.1. The van der Waals surface area contributed by atoms with E-state index < -0.39 is 0 Å². The zero-order valence-corrected chi connectivity index (χ0v) is 17.2. The van der Waals surface area contributed by atoms with Crippen molar-refractivity contribution < 1.29 is 9.47 Å². The molecule has 0 atom stereocenters. The number of hydrogen-bond donors (Lipinski definition) is 2. The minimum Gasteiger partial charge on any atom is -0.494 e. The molecule has 1 aromatic carbocycles. The molecule has 2 aromatic rings. The molecule has 0 spiro atoms. The van der Waals surface area contributed by atoms with Crippen LogP contribution < -0.4 is 20.5 Å². The second-order valence-corrected chi connectivity index (χ2v) is 5.25. The maximum absolute atomic E-state index is 5.96. The summed E-state index contributed by atoms with van der Waals surface area (Å²) in [5, 5.41) is 3.63. The van der Waals surface area contributed by atoms with Crippen LogP contribution in [0.3, 0.4) is 0 Å². The Bertz CT molecular complexity index is 696. The monoisotopic (exact) mass is 476 g/mol. The lowest BCUT2D eigenvalue weighted by Crippen LogP contribution is -2.23. The number of pyridine rings is 1. The molecule has 1 aromatic heterocycles. The Morgan fingerprint density at radius 2 is 1.96 bits per heavy atom. The van der Waals surface area contributed by atoms with E-state index in [0.717, 1.165) is 11.4 Å². The number of nitrogens with two attached hydrogens (primary N) is 1. The van der Waals surface area contributed by atoms with Crippen molar-refractivity contribution in [2.45, 2.75) is 20.4 Å². The highest BCUT2D eigenvalue weighted by molar-refractivity contribution is 14.0. The summed E-state index contributed by atoms with van der Waals surface area (Å²) in [5.41, 5.74) is 7.44. The third-order valence-electron chi connectivity index (χ3n) is 3.02. The Hall–Kier alpha value is -1.74. The maximum Gasteiger partial charge on any atom is 0.193 e. The molecule has 0 bridgehead atoms. The second-order valence-electron chi connectivity index (χ2n) is 4.82. The van der Waals surface area contributed by atoms with Crippen molar-refractivity contribution in [1.29, 1.82) is 0 Å². The van der Waals surface area contributed by atoms with E-state index in [1.165, 1.54) is 0 Å². The number of nitrogens with zero attached hydrogens (tertiary/aromatic N) is 2. The first-order valence-corrected chi connectivity index (χ1v) is 8.07. The van der Waals surface area contributed by atoms with E-state index in [1.807, 2.05) is 32.0 Å². The van der Waals surface area contributed by atoms with Gasteiger partial charge in [-0.3, -0.25) is 4.98 Å². The van der Waals surface area contributed by atoms with Gasteiger partial charge in [-0.15, -0.1) is 24.0 Å². The van der Waals surface area contributed by atoms with Crippen LogP contribution in [0.2, 0.25) is 5.02 Å². The number of halogens is 2. The van der Waals surface area contributed by atoms with Crippen molar-refractivity contribution >= 4 is 47.2 Å². The van der Waals surface area contributed by atoms with Crippen LogP contribution in [0.15, 0.2) is 41.5 Å². The van der Waals surface area contributed by atoms with Crippen molar-refractivity contribution in [3.8, 4) is 11.5 Å². The number of hydrogen-bond acceptors (Lipinski definition) is 4. The number of ether oxygens (including phenoxy) is 2. The van der Waals surface area contributed by atoms with Crippen LogP contribution in [-0.4, -0.2) is 24.2 Å². The average molecular weight is 477 g/mol. The van der Waals surface area contributed by atoms with Crippen LogP contribution in [0, 0.1) is 0 Å². The summed E-state index contributed by atoms with van der Waals surface area (Å²) in [7, 11) is 0. The number of benzene rings is 1. The topological polar surface area (TPSA) is 81.8 Å². The van der Waals surface area contributed by atoms with Gasteiger partial charge < -0.3 is 20.5 Å². The van der Waals surface area contributed by atoms with Crippen LogP contribution in [-0.2, 0) is 6.54 Å². The smallest absolute Gasteiger partial charge is 0.193 e. The summed E-state index contributed by atoms with van der Waals surface area (Å²) in [6.45, 7) is 5.33. The minimum atomic E-state index is 0. The summed E-state index contributed by atoms with van der Waals surface area (Å²) in [5.74, 6) is 1.68. The molecule has 0 aliphatic heterocycles.